The van der Waals surface area contributed by atoms with Crippen molar-refractivity contribution < 1.29 is 38.1 Å². The smallest absolute Gasteiger partial charge is 0.319 e. The van der Waals surface area contributed by atoms with Crippen molar-refractivity contribution in [3.05, 3.63) is 0 Å². The van der Waals surface area contributed by atoms with Crippen molar-refractivity contribution in [1.29, 1.82) is 0 Å². The van der Waals surface area contributed by atoms with E-state index in [1.165, 1.54) is 0 Å². The summed E-state index contributed by atoms with van der Waals surface area (Å²) in [4.78, 5) is 48.5. The predicted octanol–water partition coefficient (Wildman–Crippen LogP) is 4.63. The number of alkyl halides is 4. The van der Waals surface area contributed by atoms with E-state index in [1.807, 2.05) is 0 Å². The molecule has 0 aromatic heterocycles. The van der Waals surface area contributed by atoms with Crippen LogP contribution in [0.4, 0.5) is 0 Å². The lowest BCUT2D eigenvalue weighted by Crippen LogP contribution is -2.75. The van der Waals surface area contributed by atoms with Gasteiger partial charge in [0.1, 0.15) is 41.7 Å². The van der Waals surface area contributed by atoms with Gasteiger partial charge in [-0.3, -0.25) is 19.2 Å². The van der Waals surface area contributed by atoms with Gasteiger partial charge in [0.25, 0.3) is 0 Å². The fourth-order valence-electron chi connectivity index (χ4n) is 5.88. The van der Waals surface area contributed by atoms with Crippen LogP contribution in [0.2, 0.25) is 0 Å². The van der Waals surface area contributed by atoms with Gasteiger partial charge in [0.2, 0.25) is 0 Å². The van der Waals surface area contributed by atoms with E-state index in [0.29, 0.717) is 0 Å². The Balaban J connectivity index is 2.11. The van der Waals surface area contributed by atoms with Crippen molar-refractivity contribution in [2.24, 2.45) is 0 Å². The van der Waals surface area contributed by atoms with E-state index in [1.54, 1.807) is 27.7 Å². The van der Waals surface area contributed by atoms with Crippen LogP contribution in [0, 0.1) is 0 Å². The molecular weight excluding hydrogens is 712 g/mol. The summed E-state index contributed by atoms with van der Waals surface area (Å²) in [5.74, 6) is -1.99. The number of ether oxygens (including phenoxy) is 4. The second-order valence-corrected chi connectivity index (χ2v) is 15.4. The Hall–Kier alpha value is -0.200. The summed E-state index contributed by atoms with van der Waals surface area (Å²) in [6, 6.07) is 0. The van der Waals surface area contributed by atoms with Gasteiger partial charge in [-0.05, 0) is 27.7 Å². The van der Waals surface area contributed by atoms with Crippen molar-refractivity contribution in [3.63, 3.8) is 0 Å². The van der Waals surface area contributed by atoms with E-state index in [2.05, 4.69) is 63.7 Å². The number of esters is 4. The third kappa shape index (κ3) is 5.85. The molecule has 4 unspecified atom stereocenters. The first-order valence-electron chi connectivity index (χ1n) is 11.0. The molecule has 0 spiro atoms. The third-order valence-electron chi connectivity index (χ3n) is 6.43. The number of halogens is 4. The summed E-state index contributed by atoms with van der Waals surface area (Å²) in [6.45, 7) is 6.59. The average molecular weight is 740 g/mol. The highest BCUT2D eigenvalue weighted by Crippen LogP contribution is 2.65. The maximum absolute atomic E-state index is 12.7. The molecule has 8 nitrogen and oxygen atoms in total. The van der Waals surface area contributed by atoms with Gasteiger partial charge in [0.05, 0.1) is 0 Å². The maximum Gasteiger partial charge on any atom is 0.319 e. The van der Waals surface area contributed by atoms with Crippen LogP contribution in [0.15, 0.2) is 0 Å². The van der Waals surface area contributed by atoms with Crippen LogP contribution in [0.5, 0.6) is 0 Å². The fraction of sp³-hybridized carbons (Fsp3) is 0.818. The SMILES string of the molecule is CC(Br)C(=O)OC12CC3(OC(=O)C(C)Br)CC(OC(=O)C(C)Br)(C1)CC(OC(=O)C(C)Br)(C2)C3. The van der Waals surface area contributed by atoms with E-state index < -0.39 is 65.6 Å². The van der Waals surface area contributed by atoms with Crippen LogP contribution in [0.1, 0.15) is 66.2 Å². The third-order valence-corrected chi connectivity index (χ3v) is 7.93. The predicted molar refractivity (Wildman–Crippen MR) is 137 cm³/mol. The molecule has 4 saturated carbocycles. The quantitative estimate of drug-likeness (QED) is 0.202. The Bertz CT molecular complexity index is 695. The molecule has 4 fully saturated rings. The molecule has 4 rings (SSSR count). The largest absolute Gasteiger partial charge is 0.458 e. The molecule has 0 N–H and O–H groups in total. The van der Waals surface area contributed by atoms with Crippen molar-refractivity contribution >= 4 is 87.6 Å². The molecule has 4 bridgehead atoms. The normalized spacial score (nSPS) is 37.2. The molecule has 0 aliphatic heterocycles. The number of rotatable bonds is 8. The van der Waals surface area contributed by atoms with Crippen molar-refractivity contribution in [2.75, 3.05) is 0 Å². The lowest BCUT2D eigenvalue weighted by molar-refractivity contribution is -0.308. The molecule has 0 amide bonds. The summed E-state index contributed by atoms with van der Waals surface area (Å²) in [7, 11) is 0. The minimum atomic E-state index is -1.14. The Labute approximate surface area is 232 Å². The van der Waals surface area contributed by atoms with Crippen LogP contribution in [-0.4, -0.2) is 65.6 Å². The van der Waals surface area contributed by atoms with Crippen LogP contribution in [0.25, 0.3) is 0 Å². The van der Waals surface area contributed by atoms with Gasteiger partial charge in [-0.1, -0.05) is 63.7 Å². The van der Waals surface area contributed by atoms with Crippen LogP contribution < -0.4 is 0 Å². The van der Waals surface area contributed by atoms with E-state index in [-0.39, 0.29) is 38.5 Å². The molecule has 0 radical (unpaired) electrons. The van der Waals surface area contributed by atoms with Gasteiger partial charge in [-0.15, -0.1) is 0 Å². The van der Waals surface area contributed by atoms with Gasteiger partial charge in [0.15, 0.2) is 0 Å². The number of carbonyl (C=O) groups excluding carboxylic acids is 4. The summed E-state index contributed by atoms with van der Waals surface area (Å²) >= 11 is 13.0. The van der Waals surface area contributed by atoms with Crippen LogP contribution >= 0.6 is 63.7 Å². The first kappa shape index (κ1) is 28.4. The first-order chi connectivity index (χ1) is 15.6. The zero-order chi connectivity index (χ0) is 25.7. The number of hydrogen-bond donors (Lipinski definition) is 0. The fourth-order valence-corrected chi connectivity index (χ4v) is 6.26. The van der Waals surface area contributed by atoms with E-state index in [9.17, 15) is 19.2 Å². The van der Waals surface area contributed by atoms with Gasteiger partial charge in [0, 0.05) is 38.5 Å². The minimum Gasteiger partial charge on any atom is -0.458 e. The Kier molecular flexibility index (Phi) is 8.28. The standard InChI is InChI=1S/C22H28Br4O8/c1-11(23)15(27)31-19-5-20(32-16(28)12(2)24)8-21(6-19,33-17(29)13(3)25)10-22(7-19,9-20)34-18(30)14(4)26/h11-14H,5-10H2,1-4H3. The molecule has 0 aromatic rings. The second-order valence-electron chi connectivity index (χ2n) is 9.94. The van der Waals surface area contributed by atoms with Gasteiger partial charge >= 0.3 is 23.9 Å². The van der Waals surface area contributed by atoms with Gasteiger partial charge in [-0.25, -0.2) is 0 Å². The molecule has 34 heavy (non-hydrogen) atoms. The highest BCUT2D eigenvalue weighted by Gasteiger charge is 2.74. The zero-order valence-electron chi connectivity index (χ0n) is 19.3. The van der Waals surface area contributed by atoms with Crippen molar-refractivity contribution in [2.45, 2.75) is 108 Å². The molecule has 4 atom stereocenters. The number of carbonyl (C=O) groups is 4. The molecule has 4 aliphatic rings. The van der Waals surface area contributed by atoms with Crippen LogP contribution in [-0.2, 0) is 38.1 Å². The molecule has 4 aliphatic carbocycles. The summed E-state index contributed by atoms with van der Waals surface area (Å²) in [5, 5.41) is 0. The van der Waals surface area contributed by atoms with Crippen molar-refractivity contribution in [3.8, 4) is 0 Å². The second kappa shape index (κ2) is 9.93. The highest BCUT2D eigenvalue weighted by molar-refractivity contribution is 9.10. The minimum absolute atomic E-state index is 0.225. The van der Waals surface area contributed by atoms with E-state index >= 15 is 0 Å². The highest BCUT2D eigenvalue weighted by atomic mass is 79.9. The van der Waals surface area contributed by atoms with Gasteiger partial charge in [-0.2, -0.15) is 0 Å². The van der Waals surface area contributed by atoms with E-state index in [4.69, 9.17) is 18.9 Å². The Morgan fingerprint density at radius 1 is 0.471 bits per heavy atom. The van der Waals surface area contributed by atoms with Crippen molar-refractivity contribution in [1.82, 2.24) is 0 Å². The lowest BCUT2D eigenvalue weighted by atomic mass is 9.48. The average Bonchev–Trinajstić information content (AvgIpc) is 2.64. The molecule has 0 heterocycles. The molecule has 0 aromatic carbocycles. The monoisotopic (exact) mass is 736 g/mol. The zero-order valence-corrected chi connectivity index (χ0v) is 25.7. The Morgan fingerprint density at radius 3 is 0.735 bits per heavy atom. The topological polar surface area (TPSA) is 105 Å². The molecule has 12 heteroatoms. The summed E-state index contributed by atoms with van der Waals surface area (Å²) in [6.07, 6.45) is 1.35. The first-order valence-corrected chi connectivity index (χ1v) is 14.7. The molecule has 192 valence electrons. The lowest BCUT2D eigenvalue weighted by Gasteiger charge is -2.67. The number of hydrogen-bond acceptors (Lipinski definition) is 8. The Morgan fingerprint density at radius 2 is 0.618 bits per heavy atom. The molecule has 0 saturated heterocycles. The van der Waals surface area contributed by atoms with Gasteiger partial charge < -0.3 is 18.9 Å². The maximum atomic E-state index is 12.7. The van der Waals surface area contributed by atoms with E-state index in [0.717, 1.165) is 0 Å². The summed E-state index contributed by atoms with van der Waals surface area (Å²) < 4.78 is 24.1. The summed E-state index contributed by atoms with van der Waals surface area (Å²) in [5.41, 5.74) is -4.57. The molecular formula is C22H28Br4O8. The van der Waals surface area contributed by atoms with Crippen LogP contribution in [0.3, 0.4) is 0 Å².